The fourth-order valence-corrected chi connectivity index (χ4v) is 2.18. The van der Waals surface area contributed by atoms with Gasteiger partial charge in [-0.1, -0.05) is 12.1 Å². The predicted molar refractivity (Wildman–Crippen MR) is 73.9 cm³/mol. The molecule has 0 aliphatic heterocycles. The van der Waals surface area contributed by atoms with E-state index in [1.165, 1.54) is 12.1 Å². The number of hydrogen-bond acceptors (Lipinski definition) is 3. The Labute approximate surface area is 109 Å². The zero-order chi connectivity index (χ0) is 13.4. The second-order valence-electron chi connectivity index (χ2n) is 4.35. The van der Waals surface area contributed by atoms with Crippen molar-refractivity contribution in [2.24, 2.45) is 12.9 Å². The quantitative estimate of drug-likeness (QED) is 0.547. The molecule has 5 heteroatoms. The van der Waals surface area contributed by atoms with Crippen molar-refractivity contribution in [1.82, 2.24) is 9.55 Å². The van der Waals surface area contributed by atoms with Crippen LogP contribution in [0.1, 0.15) is 0 Å². The van der Waals surface area contributed by atoms with E-state index in [4.69, 9.17) is 5.84 Å². The Hall–Kier alpha value is -2.40. The number of benzene rings is 2. The van der Waals surface area contributed by atoms with Crippen molar-refractivity contribution in [3.63, 3.8) is 0 Å². The molecule has 4 nitrogen and oxygen atoms in total. The number of anilines is 1. The summed E-state index contributed by atoms with van der Waals surface area (Å²) in [5.74, 6) is 5.84. The summed E-state index contributed by atoms with van der Waals surface area (Å²) in [6, 6.07) is 12.1. The summed E-state index contributed by atoms with van der Waals surface area (Å²) in [6.07, 6.45) is 0. The molecular weight excluding hydrogens is 243 g/mol. The minimum absolute atomic E-state index is 0.270. The highest BCUT2D eigenvalue weighted by Gasteiger charge is 2.10. The normalized spacial score (nSPS) is 10.9. The Bertz CT molecular complexity index is 748. The maximum absolute atomic E-state index is 13.3. The first-order chi connectivity index (χ1) is 9.19. The molecule has 0 atom stereocenters. The van der Waals surface area contributed by atoms with Crippen LogP contribution in [0.4, 0.5) is 10.1 Å². The summed E-state index contributed by atoms with van der Waals surface area (Å²) in [4.78, 5) is 4.53. The summed E-state index contributed by atoms with van der Waals surface area (Å²) in [5.41, 5.74) is 5.91. The molecule has 3 rings (SSSR count). The van der Waals surface area contributed by atoms with Crippen molar-refractivity contribution in [2.45, 2.75) is 0 Å². The van der Waals surface area contributed by atoms with Crippen LogP contribution in [0.25, 0.3) is 22.4 Å². The van der Waals surface area contributed by atoms with Gasteiger partial charge in [-0.05, 0) is 30.3 Å². The number of hydrogen-bond donors (Lipinski definition) is 2. The first kappa shape index (κ1) is 11.7. The average molecular weight is 256 g/mol. The van der Waals surface area contributed by atoms with Crippen LogP contribution in [-0.2, 0) is 7.05 Å². The summed E-state index contributed by atoms with van der Waals surface area (Å²) in [5, 5.41) is 0. The molecule has 0 bridgehead atoms. The fraction of sp³-hybridized carbons (Fsp3) is 0.0714. The van der Waals surface area contributed by atoms with E-state index in [9.17, 15) is 4.39 Å². The number of aryl methyl sites for hydroxylation is 1. The molecule has 0 radical (unpaired) electrons. The molecule has 3 aromatic rings. The number of nitrogens with zero attached hydrogens (tertiary/aromatic N) is 2. The Morgan fingerprint density at radius 1 is 1.21 bits per heavy atom. The van der Waals surface area contributed by atoms with Gasteiger partial charge < -0.3 is 9.99 Å². The molecule has 2 aromatic carbocycles. The third kappa shape index (κ3) is 1.94. The van der Waals surface area contributed by atoms with Crippen LogP contribution in [0.15, 0.2) is 42.5 Å². The summed E-state index contributed by atoms with van der Waals surface area (Å²) < 4.78 is 15.2. The Morgan fingerprint density at radius 2 is 2.05 bits per heavy atom. The van der Waals surface area contributed by atoms with Crippen molar-refractivity contribution in [3.8, 4) is 11.4 Å². The first-order valence-electron chi connectivity index (χ1n) is 5.88. The van der Waals surface area contributed by atoms with E-state index in [2.05, 4.69) is 10.4 Å². The van der Waals surface area contributed by atoms with Crippen molar-refractivity contribution >= 4 is 16.7 Å². The van der Waals surface area contributed by atoms with Gasteiger partial charge in [0.05, 0.1) is 16.7 Å². The topological polar surface area (TPSA) is 55.9 Å². The molecule has 1 aromatic heterocycles. The number of hydrazine groups is 1. The number of nitrogens with one attached hydrogen (secondary N) is 1. The SMILES string of the molecule is Cn1c(-c2cccc(F)c2)nc2cc(NN)ccc21. The van der Waals surface area contributed by atoms with Crippen LogP contribution in [0.5, 0.6) is 0 Å². The second kappa shape index (κ2) is 4.37. The van der Waals surface area contributed by atoms with E-state index in [0.29, 0.717) is 0 Å². The van der Waals surface area contributed by atoms with Crippen LogP contribution >= 0.6 is 0 Å². The van der Waals surface area contributed by atoms with Gasteiger partial charge in [0.15, 0.2) is 0 Å². The second-order valence-corrected chi connectivity index (χ2v) is 4.35. The molecule has 3 N–H and O–H groups in total. The van der Waals surface area contributed by atoms with Gasteiger partial charge >= 0.3 is 0 Å². The Balaban J connectivity index is 2.22. The van der Waals surface area contributed by atoms with E-state index >= 15 is 0 Å². The number of nitrogens with two attached hydrogens (primary N) is 1. The van der Waals surface area contributed by atoms with E-state index in [-0.39, 0.29) is 5.82 Å². The van der Waals surface area contributed by atoms with E-state index in [1.807, 2.05) is 35.9 Å². The number of halogens is 1. The lowest BCUT2D eigenvalue weighted by atomic mass is 10.2. The number of nitrogen functional groups attached to an aromatic ring is 1. The molecule has 1 heterocycles. The van der Waals surface area contributed by atoms with Crippen molar-refractivity contribution < 1.29 is 4.39 Å². The van der Waals surface area contributed by atoms with Crippen LogP contribution in [0, 0.1) is 5.82 Å². The summed E-state index contributed by atoms with van der Waals surface area (Å²) >= 11 is 0. The van der Waals surface area contributed by atoms with E-state index < -0.39 is 0 Å². The minimum Gasteiger partial charge on any atom is -0.327 e. The van der Waals surface area contributed by atoms with Gasteiger partial charge in [0.1, 0.15) is 11.6 Å². The van der Waals surface area contributed by atoms with Gasteiger partial charge in [-0.15, -0.1) is 0 Å². The molecule has 0 aliphatic rings. The standard InChI is InChI=1S/C14H13FN4/c1-19-13-6-5-11(18-16)8-12(13)17-14(19)9-3-2-4-10(15)7-9/h2-8,18H,16H2,1H3. The zero-order valence-electron chi connectivity index (χ0n) is 10.4. The maximum Gasteiger partial charge on any atom is 0.140 e. The molecule has 0 unspecified atom stereocenters. The lowest BCUT2D eigenvalue weighted by Gasteiger charge is -2.02. The zero-order valence-corrected chi connectivity index (χ0v) is 10.4. The number of aromatic nitrogens is 2. The number of fused-ring (bicyclic) bond motifs is 1. The molecule has 0 spiro atoms. The monoisotopic (exact) mass is 256 g/mol. The van der Waals surface area contributed by atoms with Crippen molar-refractivity contribution in [1.29, 1.82) is 0 Å². The number of imidazole rings is 1. The molecule has 0 saturated carbocycles. The lowest BCUT2D eigenvalue weighted by molar-refractivity contribution is 0.628. The molecular formula is C14H13FN4. The number of rotatable bonds is 2. The summed E-state index contributed by atoms with van der Waals surface area (Å²) in [7, 11) is 1.91. The van der Waals surface area contributed by atoms with Crippen LogP contribution in [0.2, 0.25) is 0 Å². The van der Waals surface area contributed by atoms with Gasteiger partial charge in [-0.2, -0.15) is 0 Å². The third-order valence-electron chi connectivity index (χ3n) is 3.13. The first-order valence-corrected chi connectivity index (χ1v) is 5.88. The summed E-state index contributed by atoms with van der Waals surface area (Å²) in [6.45, 7) is 0. The average Bonchev–Trinajstić information content (AvgIpc) is 2.75. The van der Waals surface area contributed by atoms with Gasteiger partial charge in [0.25, 0.3) is 0 Å². The van der Waals surface area contributed by atoms with E-state index in [0.717, 1.165) is 28.1 Å². The van der Waals surface area contributed by atoms with Crippen LogP contribution in [0.3, 0.4) is 0 Å². The third-order valence-corrected chi connectivity index (χ3v) is 3.13. The van der Waals surface area contributed by atoms with Gasteiger partial charge in [0, 0.05) is 12.6 Å². The fourth-order valence-electron chi connectivity index (χ4n) is 2.18. The van der Waals surface area contributed by atoms with Crippen molar-refractivity contribution in [3.05, 3.63) is 48.3 Å². The molecule has 19 heavy (non-hydrogen) atoms. The highest BCUT2D eigenvalue weighted by atomic mass is 19.1. The maximum atomic E-state index is 13.3. The highest BCUT2D eigenvalue weighted by Crippen LogP contribution is 2.25. The van der Waals surface area contributed by atoms with Gasteiger partial charge in [-0.3, -0.25) is 5.84 Å². The van der Waals surface area contributed by atoms with Gasteiger partial charge in [0.2, 0.25) is 0 Å². The van der Waals surface area contributed by atoms with Gasteiger partial charge in [-0.25, -0.2) is 9.37 Å². The largest absolute Gasteiger partial charge is 0.327 e. The van der Waals surface area contributed by atoms with Crippen LogP contribution < -0.4 is 11.3 Å². The minimum atomic E-state index is -0.270. The molecule has 0 saturated heterocycles. The van der Waals surface area contributed by atoms with Crippen LogP contribution in [-0.4, -0.2) is 9.55 Å². The lowest BCUT2D eigenvalue weighted by Crippen LogP contribution is -2.06. The predicted octanol–water partition coefficient (Wildman–Crippen LogP) is 2.67. The molecule has 0 fully saturated rings. The molecule has 96 valence electrons. The Morgan fingerprint density at radius 3 is 2.79 bits per heavy atom. The molecule has 0 aliphatic carbocycles. The smallest absolute Gasteiger partial charge is 0.140 e. The Kier molecular flexibility index (Phi) is 2.68. The van der Waals surface area contributed by atoms with Crippen molar-refractivity contribution in [2.75, 3.05) is 5.43 Å². The molecule has 0 amide bonds. The van der Waals surface area contributed by atoms with E-state index in [1.54, 1.807) is 6.07 Å². The highest BCUT2D eigenvalue weighted by molar-refractivity contribution is 5.83.